The Kier molecular flexibility index (Phi) is 4.75. The number of para-hydroxylation sites is 1. The van der Waals surface area contributed by atoms with Crippen LogP contribution >= 0.6 is 11.3 Å². The average molecular weight is 364 g/mol. The van der Waals surface area contributed by atoms with Crippen molar-refractivity contribution in [3.63, 3.8) is 0 Å². The van der Waals surface area contributed by atoms with E-state index in [2.05, 4.69) is 9.97 Å². The van der Waals surface area contributed by atoms with Gasteiger partial charge in [0.05, 0.1) is 22.8 Å². The Labute approximate surface area is 154 Å². The van der Waals surface area contributed by atoms with Gasteiger partial charge in [-0.05, 0) is 12.1 Å². The zero-order chi connectivity index (χ0) is 17.8. The number of carbonyl (C=O) groups is 1. The number of fused-ring (bicyclic) bond motifs is 1. The van der Waals surface area contributed by atoms with E-state index in [4.69, 9.17) is 9.15 Å². The second-order valence-electron chi connectivity index (χ2n) is 5.72. The van der Waals surface area contributed by atoms with Gasteiger partial charge in [-0.15, -0.1) is 11.3 Å². The van der Waals surface area contributed by atoms with Gasteiger partial charge in [-0.1, -0.05) is 42.5 Å². The van der Waals surface area contributed by atoms with Crippen molar-refractivity contribution in [2.75, 3.05) is 0 Å². The van der Waals surface area contributed by atoms with Crippen molar-refractivity contribution in [2.24, 2.45) is 0 Å². The lowest BCUT2D eigenvalue weighted by molar-refractivity contribution is -0.145. The molecular formula is C20H16N2O3S. The van der Waals surface area contributed by atoms with Gasteiger partial charge in [0.15, 0.2) is 11.7 Å². The molecule has 26 heavy (non-hydrogen) atoms. The van der Waals surface area contributed by atoms with Gasteiger partial charge in [-0.25, -0.2) is 9.97 Å². The summed E-state index contributed by atoms with van der Waals surface area (Å²) in [6, 6.07) is 17.6. The smallest absolute Gasteiger partial charge is 0.306 e. The second kappa shape index (κ2) is 7.49. The summed E-state index contributed by atoms with van der Waals surface area (Å²) in [5.41, 5.74) is 1.89. The highest BCUT2D eigenvalue weighted by molar-refractivity contribution is 7.18. The number of aryl methyl sites for hydroxylation is 1. The standard InChI is InChI=1S/C20H16N2O3S/c23-20(24-13-19-22-15-8-4-5-9-17(15)26-19)11-10-18-21-12-16(25-18)14-6-2-1-3-7-14/h1-9,12H,10-11,13H2. The van der Waals surface area contributed by atoms with E-state index < -0.39 is 0 Å². The van der Waals surface area contributed by atoms with Crippen molar-refractivity contribution < 1.29 is 13.9 Å². The lowest BCUT2D eigenvalue weighted by Gasteiger charge is -2.01. The molecule has 0 amide bonds. The quantitative estimate of drug-likeness (QED) is 0.467. The van der Waals surface area contributed by atoms with Gasteiger partial charge in [-0.3, -0.25) is 4.79 Å². The molecule has 0 spiro atoms. The molecular weight excluding hydrogens is 348 g/mol. The van der Waals surface area contributed by atoms with E-state index in [1.165, 1.54) is 11.3 Å². The zero-order valence-corrected chi connectivity index (χ0v) is 14.7. The van der Waals surface area contributed by atoms with E-state index in [0.717, 1.165) is 20.8 Å². The van der Waals surface area contributed by atoms with Gasteiger partial charge >= 0.3 is 5.97 Å². The molecule has 0 aliphatic carbocycles. The molecule has 0 fully saturated rings. The molecule has 4 rings (SSSR count). The number of nitrogens with zero attached hydrogens (tertiary/aromatic N) is 2. The third-order valence-electron chi connectivity index (χ3n) is 3.85. The van der Waals surface area contributed by atoms with Crippen molar-refractivity contribution >= 4 is 27.5 Å². The highest BCUT2D eigenvalue weighted by Crippen LogP contribution is 2.22. The van der Waals surface area contributed by atoms with Crippen LogP contribution in [0.4, 0.5) is 0 Å². The molecule has 0 radical (unpaired) electrons. The van der Waals surface area contributed by atoms with E-state index in [9.17, 15) is 4.79 Å². The lowest BCUT2D eigenvalue weighted by atomic mass is 10.2. The molecule has 2 aromatic heterocycles. The summed E-state index contributed by atoms with van der Waals surface area (Å²) in [6.45, 7) is 0.193. The highest BCUT2D eigenvalue weighted by Gasteiger charge is 2.11. The van der Waals surface area contributed by atoms with Gasteiger partial charge in [0, 0.05) is 12.0 Å². The van der Waals surface area contributed by atoms with Crippen molar-refractivity contribution in [1.82, 2.24) is 9.97 Å². The van der Waals surface area contributed by atoms with E-state index in [1.807, 2.05) is 54.6 Å². The van der Waals surface area contributed by atoms with Gasteiger partial charge < -0.3 is 9.15 Å². The fourth-order valence-electron chi connectivity index (χ4n) is 2.57. The zero-order valence-electron chi connectivity index (χ0n) is 13.9. The number of oxazole rings is 1. The predicted octanol–water partition coefficient (Wildman–Crippen LogP) is 4.63. The monoisotopic (exact) mass is 364 g/mol. The Morgan fingerprint density at radius 2 is 1.88 bits per heavy atom. The third-order valence-corrected chi connectivity index (χ3v) is 4.86. The number of hydrogen-bond donors (Lipinski definition) is 0. The lowest BCUT2D eigenvalue weighted by Crippen LogP contribution is -2.05. The van der Waals surface area contributed by atoms with E-state index in [0.29, 0.717) is 18.1 Å². The van der Waals surface area contributed by atoms with E-state index >= 15 is 0 Å². The molecule has 0 aliphatic heterocycles. The summed E-state index contributed by atoms with van der Waals surface area (Å²) in [5, 5.41) is 0.794. The Bertz CT molecular complexity index is 991. The summed E-state index contributed by atoms with van der Waals surface area (Å²) in [5.74, 6) is 0.938. The minimum absolute atomic E-state index is 0.193. The van der Waals surface area contributed by atoms with Crippen LogP contribution in [-0.4, -0.2) is 15.9 Å². The fraction of sp³-hybridized carbons (Fsp3) is 0.150. The molecule has 0 aliphatic rings. The number of thiazole rings is 1. The first kappa shape index (κ1) is 16.5. The number of esters is 1. The van der Waals surface area contributed by atoms with Crippen molar-refractivity contribution in [3.05, 3.63) is 71.7 Å². The molecule has 0 atom stereocenters. The number of benzene rings is 2. The van der Waals surface area contributed by atoms with Crippen LogP contribution in [0, 0.1) is 0 Å². The fourth-order valence-corrected chi connectivity index (χ4v) is 3.45. The maximum absolute atomic E-state index is 12.0. The summed E-state index contributed by atoms with van der Waals surface area (Å²) in [6.07, 6.45) is 2.31. The van der Waals surface area contributed by atoms with Crippen LogP contribution in [0.5, 0.6) is 0 Å². The summed E-state index contributed by atoms with van der Waals surface area (Å²) >= 11 is 1.54. The number of ether oxygens (including phenoxy) is 1. The molecule has 0 bridgehead atoms. The van der Waals surface area contributed by atoms with Gasteiger partial charge in [-0.2, -0.15) is 0 Å². The van der Waals surface area contributed by atoms with Crippen LogP contribution in [0.2, 0.25) is 0 Å². The minimum Gasteiger partial charge on any atom is -0.458 e. The summed E-state index contributed by atoms with van der Waals surface area (Å²) in [7, 11) is 0. The first-order valence-electron chi connectivity index (χ1n) is 8.28. The van der Waals surface area contributed by atoms with Crippen LogP contribution in [-0.2, 0) is 22.6 Å². The summed E-state index contributed by atoms with van der Waals surface area (Å²) < 4.78 is 12.1. The number of aromatic nitrogens is 2. The molecule has 5 nitrogen and oxygen atoms in total. The van der Waals surface area contributed by atoms with Crippen LogP contribution < -0.4 is 0 Å². The Morgan fingerprint density at radius 1 is 1.08 bits per heavy atom. The number of carbonyl (C=O) groups excluding carboxylic acids is 1. The molecule has 0 saturated heterocycles. The predicted molar refractivity (Wildman–Crippen MR) is 99.7 cm³/mol. The average Bonchev–Trinajstić information content (AvgIpc) is 3.32. The maximum Gasteiger partial charge on any atom is 0.306 e. The van der Waals surface area contributed by atoms with E-state index in [1.54, 1.807) is 6.20 Å². The second-order valence-corrected chi connectivity index (χ2v) is 6.84. The van der Waals surface area contributed by atoms with Crippen molar-refractivity contribution in [2.45, 2.75) is 19.4 Å². The Balaban J connectivity index is 1.29. The largest absolute Gasteiger partial charge is 0.458 e. The topological polar surface area (TPSA) is 65.2 Å². The number of rotatable bonds is 6. The van der Waals surface area contributed by atoms with Crippen LogP contribution in [0.3, 0.4) is 0 Å². The first-order valence-corrected chi connectivity index (χ1v) is 9.10. The Hall–Kier alpha value is -2.99. The Morgan fingerprint density at radius 3 is 2.73 bits per heavy atom. The number of hydrogen-bond acceptors (Lipinski definition) is 6. The minimum atomic E-state index is -0.288. The van der Waals surface area contributed by atoms with Gasteiger partial charge in [0.2, 0.25) is 0 Å². The van der Waals surface area contributed by atoms with Crippen LogP contribution in [0.1, 0.15) is 17.3 Å². The molecule has 2 heterocycles. The normalized spacial score (nSPS) is 10.9. The van der Waals surface area contributed by atoms with Crippen molar-refractivity contribution in [1.29, 1.82) is 0 Å². The summed E-state index contributed by atoms with van der Waals surface area (Å²) in [4.78, 5) is 20.6. The molecule has 2 aromatic carbocycles. The van der Waals surface area contributed by atoms with Crippen molar-refractivity contribution in [3.8, 4) is 11.3 Å². The molecule has 6 heteroatoms. The van der Waals surface area contributed by atoms with Crippen LogP contribution in [0.15, 0.2) is 65.2 Å². The van der Waals surface area contributed by atoms with Gasteiger partial charge in [0.25, 0.3) is 0 Å². The van der Waals surface area contributed by atoms with Gasteiger partial charge in [0.1, 0.15) is 11.6 Å². The van der Waals surface area contributed by atoms with E-state index in [-0.39, 0.29) is 19.0 Å². The maximum atomic E-state index is 12.0. The molecule has 0 saturated carbocycles. The molecule has 0 N–H and O–H groups in total. The SMILES string of the molecule is O=C(CCc1ncc(-c2ccccc2)o1)OCc1nc2ccccc2s1. The van der Waals surface area contributed by atoms with Crippen LogP contribution in [0.25, 0.3) is 21.5 Å². The third kappa shape index (κ3) is 3.81. The highest BCUT2D eigenvalue weighted by atomic mass is 32.1. The first-order chi connectivity index (χ1) is 12.8. The molecule has 0 unspecified atom stereocenters. The molecule has 4 aromatic rings. The molecule has 130 valence electrons.